The van der Waals surface area contributed by atoms with E-state index < -0.39 is 0 Å². The number of aryl methyl sites for hydroxylation is 1. The molecule has 0 saturated carbocycles. The van der Waals surface area contributed by atoms with E-state index in [1.807, 2.05) is 0 Å². The van der Waals surface area contributed by atoms with Gasteiger partial charge in [0, 0.05) is 5.88 Å². The van der Waals surface area contributed by atoms with E-state index in [1.165, 1.54) is 16.7 Å². The van der Waals surface area contributed by atoms with Crippen molar-refractivity contribution in [3.05, 3.63) is 59.7 Å². The Hall–Kier alpha value is -1.27. The van der Waals surface area contributed by atoms with Crippen LogP contribution >= 0.6 is 11.6 Å². The molecule has 0 radical (unpaired) electrons. The monoisotopic (exact) mass is 216 g/mol. The fourth-order valence-corrected chi connectivity index (χ4v) is 1.89. The molecule has 1 heteroatoms. The molecule has 0 saturated heterocycles. The summed E-state index contributed by atoms with van der Waals surface area (Å²) in [6, 6.07) is 16.8. The van der Waals surface area contributed by atoms with E-state index in [-0.39, 0.29) is 0 Å². The van der Waals surface area contributed by atoms with Crippen LogP contribution in [-0.2, 0) is 5.88 Å². The van der Waals surface area contributed by atoms with Crippen LogP contribution in [0, 0.1) is 6.92 Å². The van der Waals surface area contributed by atoms with Gasteiger partial charge in [-0.05, 0) is 35.2 Å². The number of benzene rings is 2. The molecule has 0 N–H and O–H groups in total. The molecular formula is C14H13Cl. The zero-order valence-electron chi connectivity index (χ0n) is 8.70. The van der Waals surface area contributed by atoms with Crippen molar-refractivity contribution >= 4 is 11.6 Å². The molecule has 0 spiro atoms. The SMILES string of the molecule is Cc1ccccc1-c1cccc(CCl)c1. The first-order chi connectivity index (χ1) is 7.31. The highest BCUT2D eigenvalue weighted by Crippen LogP contribution is 2.24. The smallest absolute Gasteiger partial charge is 0.0474 e. The lowest BCUT2D eigenvalue weighted by molar-refractivity contribution is 1.39. The van der Waals surface area contributed by atoms with Gasteiger partial charge in [0.25, 0.3) is 0 Å². The Morgan fingerprint density at radius 1 is 1.00 bits per heavy atom. The number of alkyl halides is 1. The minimum Gasteiger partial charge on any atom is -0.122 e. The Morgan fingerprint density at radius 3 is 2.53 bits per heavy atom. The molecule has 0 fully saturated rings. The van der Waals surface area contributed by atoms with Crippen LogP contribution in [0.3, 0.4) is 0 Å². The Bertz CT molecular complexity index is 460. The van der Waals surface area contributed by atoms with Crippen LogP contribution in [0.5, 0.6) is 0 Å². The van der Waals surface area contributed by atoms with Crippen LogP contribution in [0.4, 0.5) is 0 Å². The molecule has 0 aliphatic rings. The van der Waals surface area contributed by atoms with Gasteiger partial charge in [0.2, 0.25) is 0 Å². The number of rotatable bonds is 2. The lowest BCUT2D eigenvalue weighted by atomic mass is 9.99. The molecule has 0 aliphatic heterocycles. The van der Waals surface area contributed by atoms with Crippen LogP contribution in [0.1, 0.15) is 11.1 Å². The molecule has 0 unspecified atom stereocenters. The second kappa shape index (κ2) is 4.50. The van der Waals surface area contributed by atoms with E-state index >= 15 is 0 Å². The minimum absolute atomic E-state index is 0.569. The van der Waals surface area contributed by atoms with E-state index in [0.717, 1.165) is 5.56 Å². The summed E-state index contributed by atoms with van der Waals surface area (Å²) in [5.74, 6) is 0.569. The second-order valence-electron chi connectivity index (χ2n) is 3.65. The van der Waals surface area contributed by atoms with Gasteiger partial charge in [0.05, 0.1) is 0 Å². The van der Waals surface area contributed by atoms with Gasteiger partial charge in [0.1, 0.15) is 0 Å². The fourth-order valence-electron chi connectivity index (χ4n) is 1.72. The second-order valence-corrected chi connectivity index (χ2v) is 3.92. The molecule has 0 aliphatic carbocycles. The minimum atomic E-state index is 0.569. The van der Waals surface area contributed by atoms with E-state index in [4.69, 9.17) is 11.6 Å². The largest absolute Gasteiger partial charge is 0.122 e. The maximum absolute atomic E-state index is 5.83. The third-order valence-corrected chi connectivity index (χ3v) is 2.85. The molecule has 15 heavy (non-hydrogen) atoms. The zero-order valence-corrected chi connectivity index (χ0v) is 9.46. The quantitative estimate of drug-likeness (QED) is 0.653. The van der Waals surface area contributed by atoms with Gasteiger partial charge in [0.15, 0.2) is 0 Å². The zero-order chi connectivity index (χ0) is 10.7. The molecule has 2 rings (SSSR count). The molecule has 0 atom stereocenters. The Kier molecular flexibility index (Phi) is 3.08. The number of hydrogen-bond donors (Lipinski definition) is 0. The molecule has 76 valence electrons. The number of hydrogen-bond acceptors (Lipinski definition) is 0. The van der Waals surface area contributed by atoms with Gasteiger partial charge in [-0.1, -0.05) is 42.5 Å². The van der Waals surface area contributed by atoms with Crippen molar-refractivity contribution in [3.8, 4) is 11.1 Å². The van der Waals surface area contributed by atoms with Crippen molar-refractivity contribution in [3.63, 3.8) is 0 Å². The summed E-state index contributed by atoms with van der Waals surface area (Å²) in [5.41, 5.74) is 4.98. The first-order valence-corrected chi connectivity index (χ1v) is 5.55. The van der Waals surface area contributed by atoms with Gasteiger partial charge in [-0.25, -0.2) is 0 Å². The maximum Gasteiger partial charge on any atom is 0.0474 e. The molecule has 0 nitrogen and oxygen atoms in total. The summed E-state index contributed by atoms with van der Waals surface area (Å²) >= 11 is 5.83. The van der Waals surface area contributed by atoms with Crippen molar-refractivity contribution in [1.82, 2.24) is 0 Å². The van der Waals surface area contributed by atoms with Gasteiger partial charge in [-0.2, -0.15) is 0 Å². The lowest BCUT2D eigenvalue weighted by Gasteiger charge is -2.06. The van der Waals surface area contributed by atoms with Crippen molar-refractivity contribution in [2.24, 2.45) is 0 Å². The Morgan fingerprint density at radius 2 is 1.80 bits per heavy atom. The summed E-state index contributed by atoms with van der Waals surface area (Å²) in [6.07, 6.45) is 0. The van der Waals surface area contributed by atoms with Crippen LogP contribution in [0.2, 0.25) is 0 Å². The van der Waals surface area contributed by atoms with Crippen molar-refractivity contribution < 1.29 is 0 Å². The molecule has 0 heterocycles. The predicted molar refractivity (Wildman–Crippen MR) is 66.2 cm³/mol. The summed E-state index contributed by atoms with van der Waals surface area (Å²) in [7, 11) is 0. The fraction of sp³-hybridized carbons (Fsp3) is 0.143. The average Bonchev–Trinajstić information content (AvgIpc) is 2.30. The molecule has 0 aromatic heterocycles. The highest BCUT2D eigenvalue weighted by Gasteiger charge is 2.00. The van der Waals surface area contributed by atoms with Crippen molar-refractivity contribution in [2.45, 2.75) is 12.8 Å². The Labute approximate surface area is 95.5 Å². The van der Waals surface area contributed by atoms with Crippen LogP contribution in [-0.4, -0.2) is 0 Å². The Balaban J connectivity index is 2.49. The van der Waals surface area contributed by atoms with Gasteiger partial charge in [-0.3, -0.25) is 0 Å². The van der Waals surface area contributed by atoms with Crippen LogP contribution < -0.4 is 0 Å². The summed E-state index contributed by atoms with van der Waals surface area (Å²) in [6.45, 7) is 2.13. The average molecular weight is 217 g/mol. The number of halogens is 1. The first kappa shape index (κ1) is 10.3. The van der Waals surface area contributed by atoms with Gasteiger partial charge in [-0.15, -0.1) is 11.6 Å². The first-order valence-electron chi connectivity index (χ1n) is 5.02. The van der Waals surface area contributed by atoms with E-state index in [2.05, 4.69) is 55.5 Å². The van der Waals surface area contributed by atoms with Crippen molar-refractivity contribution in [2.75, 3.05) is 0 Å². The van der Waals surface area contributed by atoms with Gasteiger partial charge < -0.3 is 0 Å². The molecule has 2 aromatic carbocycles. The van der Waals surface area contributed by atoms with E-state index in [1.54, 1.807) is 0 Å². The maximum atomic E-state index is 5.83. The van der Waals surface area contributed by atoms with Gasteiger partial charge >= 0.3 is 0 Å². The van der Waals surface area contributed by atoms with Crippen molar-refractivity contribution in [1.29, 1.82) is 0 Å². The molecule has 2 aromatic rings. The highest BCUT2D eigenvalue weighted by molar-refractivity contribution is 6.17. The summed E-state index contributed by atoms with van der Waals surface area (Å²) in [5, 5.41) is 0. The standard InChI is InChI=1S/C14H13Cl/c1-11-5-2-3-8-14(11)13-7-4-6-12(9-13)10-15/h2-9H,10H2,1H3. The molecule has 0 amide bonds. The summed E-state index contributed by atoms with van der Waals surface area (Å²) in [4.78, 5) is 0. The molecule has 0 bridgehead atoms. The van der Waals surface area contributed by atoms with E-state index in [9.17, 15) is 0 Å². The van der Waals surface area contributed by atoms with Crippen LogP contribution in [0.25, 0.3) is 11.1 Å². The lowest BCUT2D eigenvalue weighted by Crippen LogP contribution is -1.84. The van der Waals surface area contributed by atoms with Crippen LogP contribution in [0.15, 0.2) is 48.5 Å². The highest BCUT2D eigenvalue weighted by atomic mass is 35.5. The third kappa shape index (κ3) is 2.21. The van der Waals surface area contributed by atoms with E-state index in [0.29, 0.717) is 5.88 Å². The third-order valence-electron chi connectivity index (χ3n) is 2.54. The predicted octanol–water partition coefficient (Wildman–Crippen LogP) is 4.40. The summed E-state index contributed by atoms with van der Waals surface area (Å²) < 4.78 is 0. The molecular weight excluding hydrogens is 204 g/mol. The topological polar surface area (TPSA) is 0 Å². The normalized spacial score (nSPS) is 10.3.